The summed E-state index contributed by atoms with van der Waals surface area (Å²) in [7, 11) is 0. The summed E-state index contributed by atoms with van der Waals surface area (Å²) in [5.74, 6) is 0.368. The van der Waals surface area contributed by atoms with Crippen LogP contribution in [0.3, 0.4) is 0 Å². The highest BCUT2D eigenvalue weighted by molar-refractivity contribution is 6.15. The summed E-state index contributed by atoms with van der Waals surface area (Å²) < 4.78 is 0. The number of hydrogen-bond acceptors (Lipinski definition) is 2. The van der Waals surface area contributed by atoms with Gasteiger partial charge in [0.25, 0.3) is 0 Å². The SMILES string of the molecule is Cc1ccc(/C=C2/CN(C(=O)C3CC3)C/C(=C/c3ccc(C)cc3)C2=O)cc1. The van der Waals surface area contributed by atoms with Crippen molar-refractivity contribution < 1.29 is 9.59 Å². The van der Waals surface area contributed by atoms with Crippen LogP contribution < -0.4 is 0 Å². The molecule has 0 atom stereocenters. The van der Waals surface area contributed by atoms with E-state index in [4.69, 9.17) is 0 Å². The molecule has 0 radical (unpaired) electrons. The molecule has 0 bridgehead atoms. The largest absolute Gasteiger partial charge is 0.334 e. The third kappa shape index (κ3) is 4.14. The molecule has 1 aliphatic carbocycles. The van der Waals surface area contributed by atoms with E-state index in [0.29, 0.717) is 24.2 Å². The third-order valence-electron chi connectivity index (χ3n) is 5.38. The summed E-state index contributed by atoms with van der Waals surface area (Å²) in [5, 5.41) is 0. The number of ketones is 1. The van der Waals surface area contributed by atoms with Crippen LogP contribution in [0.1, 0.15) is 35.1 Å². The molecule has 2 aliphatic rings. The van der Waals surface area contributed by atoms with E-state index in [1.165, 1.54) is 11.1 Å². The van der Waals surface area contributed by atoms with Gasteiger partial charge in [-0.15, -0.1) is 0 Å². The van der Waals surface area contributed by atoms with E-state index in [1.54, 1.807) is 0 Å². The van der Waals surface area contributed by atoms with Crippen molar-refractivity contribution in [3.63, 3.8) is 0 Å². The fraction of sp³-hybridized carbons (Fsp3) is 0.280. The van der Waals surface area contributed by atoms with Gasteiger partial charge in [-0.3, -0.25) is 9.59 Å². The highest BCUT2D eigenvalue weighted by Gasteiger charge is 2.37. The lowest BCUT2D eigenvalue weighted by atomic mass is 9.93. The zero-order valence-electron chi connectivity index (χ0n) is 16.4. The van der Waals surface area contributed by atoms with E-state index in [1.807, 2.05) is 79.4 Å². The van der Waals surface area contributed by atoms with Crippen molar-refractivity contribution in [2.24, 2.45) is 5.92 Å². The number of nitrogens with zero attached hydrogens (tertiary/aromatic N) is 1. The summed E-state index contributed by atoms with van der Waals surface area (Å²) in [5.41, 5.74) is 5.71. The van der Waals surface area contributed by atoms with E-state index in [-0.39, 0.29) is 17.6 Å². The summed E-state index contributed by atoms with van der Waals surface area (Å²) >= 11 is 0. The molecule has 4 rings (SSSR count). The number of piperidine rings is 1. The van der Waals surface area contributed by atoms with Gasteiger partial charge in [0, 0.05) is 30.2 Å². The Balaban J connectivity index is 1.68. The van der Waals surface area contributed by atoms with Crippen molar-refractivity contribution in [2.45, 2.75) is 26.7 Å². The Kier molecular flexibility index (Phi) is 4.99. The van der Waals surface area contributed by atoms with Crippen molar-refractivity contribution in [3.05, 3.63) is 81.9 Å². The summed E-state index contributed by atoms with van der Waals surface area (Å²) in [6.45, 7) is 4.88. The number of benzene rings is 2. The predicted octanol–water partition coefficient (Wildman–Crippen LogP) is 4.59. The summed E-state index contributed by atoms with van der Waals surface area (Å²) in [6, 6.07) is 16.2. The minimum absolute atomic E-state index is 0.0426. The second-order valence-corrected chi connectivity index (χ2v) is 7.96. The quantitative estimate of drug-likeness (QED) is 0.740. The van der Waals surface area contributed by atoms with Gasteiger partial charge in [-0.1, -0.05) is 59.7 Å². The van der Waals surface area contributed by atoms with E-state index in [0.717, 1.165) is 24.0 Å². The van der Waals surface area contributed by atoms with E-state index < -0.39 is 0 Å². The van der Waals surface area contributed by atoms with Crippen molar-refractivity contribution in [1.82, 2.24) is 4.90 Å². The average Bonchev–Trinajstić information content (AvgIpc) is 3.53. The molecule has 0 spiro atoms. The summed E-state index contributed by atoms with van der Waals surface area (Å²) in [6.07, 6.45) is 5.79. The minimum Gasteiger partial charge on any atom is -0.334 e. The maximum atomic E-state index is 13.1. The number of hydrogen-bond donors (Lipinski definition) is 0. The number of carbonyl (C=O) groups excluding carboxylic acids is 2. The zero-order chi connectivity index (χ0) is 19.7. The van der Waals surface area contributed by atoms with Gasteiger partial charge in [-0.2, -0.15) is 0 Å². The highest BCUT2D eigenvalue weighted by Crippen LogP contribution is 2.33. The van der Waals surface area contributed by atoms with Gasteiger partial charge in [0.2, 0.25) is 5.91 Å². The van der Waals surface area contributed by atoms with Gasteiger partial charge in [-0.05, 0) is 50.0 Å². The standard InChI is InChI=1S/C25H25NO2/c1-17-3-7-19(8-4-17)13-22-15-26(25(28)21-11-12-21)16-23(24(22)27)14-20-9-5-18(2)6-10-20/h3-10,13-14,21H,11-12,15-16H2,1-2H3/b22-13-,23-14-. The Morgan fingerprint density at radius 2 is 1.25 bits per heavy atom. The topological polar surface area (TPSA) is 37.4 Å². The molecule has 3 nitrogen and oxygen atoms in total. The van der Waals surface area contributed by atoms with Crippen molar-refractivity contribution in [1.29, 1.82) is 0 Å². The molecule has 1 amide bonds. The lowest BCUT2D eigenvalue weighted by Crippen LogP contribution is -2.42. The molecule has 3 heteroatoms. The van der Waals surface area contributed by atoms with E-state index >= 15 is 0 Å². The molecular weight excluding hydrogens is 346 g/mol. The highest BCUT2D eigenvalue weighted by atomic mass is 16.2. The smallest absolute Gasteiger partial charge is 0.226 e. The second kappa shape index (κ2) is 7.59. The zero-order valence-corrected chi connectivity index (χ0v) is 16.4. The molecule has 28 heavy (non-hydrogen) atoms. The van der Waals surface area contributed by atoms with E-state index in [2.05, 4.69) is 0 Å². The Hall–Kier alpha value is -2.94. The molecule has 2 aromatic rings. The number of amides is 1. The Bertz CT molecular complexity index is 893. The molecule has 1 aliphatic heterocycles. The van der Waals surface area contributed by atoms with Crippen molar-refractivity contribution in [3.8, 4) is 0 Å². The van der Waals surface area contributed by atoms with Crippen molar-refractivity contribution >= 4 is 23.8 Å². The maximum absolute atomic E-state index is 13.1. The van der Waals surface area contributed by atoms with Crippen LogP contribution in [0.15, 0.2) is 59.7 Å². The average molecular weight is 371 g/mol. The Morgan fingerprint density at radius 3 is 1.64 bits per heavy atom. The van der Waals surface area contributed by atoms with Crippen LogP contribution in [-0.2, 0) is 9.59 Å². The number of Topliss-reactive ketones (excluding diaryl/α,β-unsaturated/α-hetero) is 1. The molecule has 1 saturated heterocycles. The first-order valence-corrected chi connectivity index (χ1v) is 9.87. The maximum Gasteiger partial charge on any atom is 0.226 e. The molecule has 2 aromatic carbocycles. The first-order valence-electron chi connectivity index (χ1n) is 9.87. The van der Waals surface area contributed by atoms with Crippen LogP contribution in [0.2, 0.25) is 0 Å². The molecule has 1 saturated carbocycles. The van der Waals surface area contributed by atoms with Crippen molar-refractivity contribution in [2.75, 3.05) is 13.1 Å². The number of aryl methyl sites for hydroxylation is 2. The lowest BCUT2D eigenvalue weighted by Gasteiger charge is -2.30. The second-order valence-electron chi connectivity index (χ2n) is 7.96. The van der Waals surface area contributed by atoms with Crippen LogP contribution in [0.5, 0.6) is 0 Å². The van der Waals surface area contributed by atoms with Gasteiger partial charge in [-0.25, -0.2) is 0 Å². The van der Waals surface area contributed by atoms with E-state index in [9.17, 15) is 9.59 Å². The summed E-state index contributed by atoms with van der Waals surface area (Å²) in [4.78, 5) is 27.7. The predicted molar refractivity (Wildman–Crippen MR) is 113 cm³/mol. The molecule has 142 valence electrons. The van der Waals surface area contributed by atoms with Gasteiger partial charge in [0.15, 0.2) is 5.78 Å². The van der Waals surface area contributed by atoms with Crippen LogP contribution in [0.25, 0.3) is 12.2 Å². The fourth-order valence-corrected chi connectivity index (χ4v) is 3.51. The van der Waals surface area contributed by atoms with Crippen LogP contribution in [0.4, 0.5) is 0 Å². The van der Waals surface area contributed by atoms with Crippen LogP contribution >= 0.6 is 0 Å². The fourth-order valence-electron chi connectivity index (χ4n) is 3.51. The molecule has 2 fully saturated rings. The molecule has 0 aromatic heterocycles. The van der Waals surface area contributed by atoms with Gasteiger partial charge in [0.05, 0.1) is 0 Å². The number of carbonyl (C=O) groups is 2. The number of rotatable bonds is 3. The minimum atomic E-state index is 0.0426. The molecule has 1 heterocycles. The lowest BCUT2D eigenvalue weighted by molar-refractivity contribution is -0.132. The number of likely N-dealkylation sites (tertiary alicyclic amines) is 1. The normalized spacial score (nSPS) is 20.1. The van der Waals surface area contributed by atoms with Gasteiger partial charge in [0.1, 0.15) is 0 Å². The van der Waals surface area contributed by atoms with Gasteiger partial charge < -0.3 is 4.90 Å². The van der Waals surface area contributed by atoms with Crippen LogP contribution in [-0.4, -0.2) is 29.7 Å². The Labute approximate surface area is 166 Å². The molecule has 0 unspecified atom stereocenters. The molecule has 0 N–H and O–H groups in total. The molecular formula is C25H25NO2. The Morgan fingerprint density at radius 1 is 0.821 bits per heavy atom. The van der Waals surface area contributed by atoms with Gasteiger partial charge >= 0.3 is 0 Å². The third-order valence-corrected chi connectivity index (χ3v) is 5.38. The van der Waals surface area contributed by atoms with Crippen LogP contribution in [0, 0.1) is 19.8 Å². The first-order chi connectivity index (χ1) is 13.5. The monoisotopic (exact) mass is 371 g/mol. The first kappa shape index (κ1) is 18.4.